The maximum Gasteiger partial charge on any atom is 0.0611 e. The fourth-order valence-corrected chi connectivity index (χ4v) is 11.2. The molecule has 2 nitrogen and oxygen atoms in total. The number of anilines is 4. The van der Waals surface area contributed by atoms with Gasteiger partial charge in [-0.05, 0) is 153 Å². The van der Waals surface area contributed by atoms with Crippen LogP contribution in [0, 0.1) is 26.7 Å². The van der Waals surface area contributed by atoms with Crippen molar-refractivity contribution in [2.45, 2.75) is 71.1 Å². The Morgan fingerprint density at radius 2 is 1.50 bits per heavy atom. The van der Waals surface area contributed by atoms with E-state index in [2.05, 4.69) is 196 Å². The van der Waals surface area contributed by atoms with Crippen LogP contribution in [0.1, 0.15) is 78.0 Å². The van der Waals surface area contributed by atoms with Crippen molar-refractivity contribution in [3.8, 4) is 22.3 Å². The molecule has 0 saturated heterocycles. The van der Waals surface area contributed by atoms with Gasteiger partial charge in [0.15, 0.2) is 0 Å². The number of nitrogens with one attached hydrogen (secondary N) is 1. The largest absolute Gasteiger partial charge is 0.355 e. The van der Waals surface area contributed by atoms with Crippen LogP contribution in [0.3, 0.4) is 0 Å². The van der Waals surface area contributed by atoms with E-state index in [9.17, 15) is 0 Å². The van der Waals surface area contributed by atoms with Gasteiger partial charge in [0.05, 0.1) is 11.4 Å². The van der Waals surface area contributed by atoms with Gasteiger partial charge in [-0.15, -0.1) is 0 Å². The highest BCUT2D eigenvalue weighted by atomic mass is 32.2. The zero-order valence-electron chi connectivity index (χ0n) is 36.4. The summed E-state index contributed by atoms with van der Waals surface area (Å²) < 4.78 is 0. The zero-order chi connectivity index (χ0) is 42.3. The third kappa shape index (κ3) is 7.43. The summed E-state index contributed by atoms with van der Waals surface area (Å²) in [6.45, 7) is 13.0. The minimum absolute atomic E-state index is 0.721. The monoisotopic (exact) mass is 822 g/mol. The number of benzene rings is 6. The van der Waals surface area contributed by atoms with Gasteiger partial charge in [0.25, 0.3) is 0 Å². The van der Waals surface area contributed by atoms with Crippen molar-refractivity contribution < 1.29 is 0 Å². The molecule has 0 atom stereocenters. The fraction of sp³-hybridized carbons (Fsp3) is 0.186. The minimum Gasteiger partial charge on any atom is -0.355 e. The molecule has 1 heterocycles. The highest BCUT2D eigenvalue weighted by molar-refractivity contribution is 8.08. The average molecular weight is 823 g/mol. The van der Waals surface area contributed by atoms with Gasteiger partial charge in [-0.3, -0.25) is 0 Å². The number of nitrogens with zero attached hydrogens (tertiary/aromatic N) is 1. The van der Waals surface area contributed by atoms with Gasteiger partial charge in [-0.1, -0.05) is 156 Å². The van der Waals surface area contributed by atoms with Crippen molar-refractivity contribution in [2.75, 3.05) is 10.2 Å². The van der Waals surface area contributed by atoms with Crippen molar-refractivity contribution in [1.29, 1.82) is 0 Å². The van der Waals surface area contributed by atoms with Crippen LogP contribution in [0.4, 0.5) is 22.7 Å². The number of hydrogen-bond donors (Lipinski definition) is 1. The predicted octanol–water partition coefficient (Wildman–Crippen LogP) is 16.9. The first-order valence-electron chi connectivity index (χ1n) is 22.4. The number of allylic oxidation sites excluding steroid dienone is 10. The van der Waals surface area contributed by atoms with Gasteiger partial charge in [-0.25, -0.2) is 0 Å². The fourth-order valence-electron chi connectivity index (χ4n) is 9.80. The summed E-state index contributed by atoms with van der Waals surface area (Å²) in [5.74, 6) is 0.721. The Morgan fingerprint density at radius 1 is 0.726 bits per heavy atom. The molecule has 3 aliphatic carbocycles. The number of rotatable bonds is 10. The third-order valence-electron chi connectivity index (χ3n) is 13.0. The van der Waals surface area contributed by atoms with E-state index in [1.165, 1.54) is 101 Å². The average Bonchev–Trinajstić information content (AvgIpc) is 4.16. The van der Waals surface area contributed by atoms with E-state index >= 15 is 0 Å². The van der Waals surface area contributed by atoms with Crippen molar-refractivity contribution in [3.05, 3.63) is 215 Å². The first-order chi connectivity index (χ1) is 30.4. The van der Waals surface area contributed by atoms with Crippen molar-refractivity contribution in [3.63, 3.8) is 0 Å². The van der Waals surface area contributed by atoms with Crippen LogP contribution in [0.25, 0.3) is 38.3 Å². The highest BCUT2D eigenvalue weighted by Gasteiger charge is 2.36. The maximum atomic E-state index is 4.17. The van der Waals surface area contributed by atoms with Crippen molar-refractivity contribution in [1.82, 2.24) is 0 Å². The Labute approximate surface area is 372 Å². The lowest BCUT2D eigenvalue weighted by Gasteiger charge is -2.40. The quantitative estimate of drug-likeness (QED) is 0.139. The van der Waals surface area contributed by atoms with Gasteiger partial charge >= 0.3 is 0 Å². The van der Waals surface area contributed by atoms with Gasteiger partial charge in [0, 0.05) is 43.6 Å². The van der Waals surface area contributed by atoms with Gasteiger partial charge in [0.2, 0.25) is 0 Å². The van der Waals surface area contributed by atoms with Gasteiger partial charge < -0.3 is 10.2 Å². The number of hydrogen-bond acceptors (Lipinski definition) is 3. The Bertz CT molecular complexity index is 2900. The molecule has 0 unspecified atom stereocenters. The second-order valence-corrected chi connectivity index (χ2v) is 18.3. The summed E-state index contributed by atoms with van der Waals surface area (Å²) in [7, 11) is 0. The number of fused-ring (bicyclic) bond motifs is 3. The molecular weight excluding hydrogens is 769 g/mol. The maximum absolute atomic E-state index is 4.17. The van der Waals surface area contributed by atoms with E-state index in [1.54, 1.807) is 5.57 Å². The normalized spacial score (nSPS) is 16.1. The lowest BCUT2D eigenvalue weighted by atomic mass is 9.85. The first kappa shape index (κ1) is 39.8. The molecule has 6 aromatic carbocycles. The molecule has 4 aliphatic rings. The van der Waals surface area contributed by atoms with Crippen LogP contribution in [0.2, 0.25) is 0 Å². The molecule has 0 radical (unpaired) electrons. The molecule has 10 rings (SSSR count). The van der Waals surface area contributed by atoms with Crippen LogP contribution < -0.4 is 10.2 Å². The SMILES string of the molecule is C=C/C=C(\C=C/C)c1cc(-c2ccc(C3=C(C4CC4)CCC=C3)c(C)c2Nc2ccc(C)cc2)c2c(c1)N(c1ccc(C)cc1-c1ccccc1)C1=C(S2)c2ccccc2CC1. The van der Waals surface area contributed by atoms with Gasteiger partial charge in [-0.2, -0.15) is 0 Å². The van der Waals surface area contributed by atoms with Gasteiger partial charge in [0.1, 0.15) is 0 Å². The van der Waals surface area contributed by atoms with Crippen LogP contribution in [0.15, 0.2) is 181 Å². The Kier molecular flexibility index (Phi) is 10.8. The van der Waals surface area contributed by atoms with Crippen LogP contribution in [-0.2, 0) is 6.42 Å². The van der Waals surface area contributed by atoms with E-state index in [0.717, 1.165) is 54.1 Å². The Hall–Kier alpha value is -6.29. The molecular formula is C59H54N2S. The summed E-state index contributed by atoms with van der Waals surface area (Å²) in [5.41, 5.74) is 24.1. The topological polar surface area (TPSA) is 15.3 Å². The molecule has 3 heteroatoms. The molecule has 1 saturated carbocycles. The lowest BCUT2D eigenvalue weighted by Crippen LogP contribution is -2.25. The first-order valence-corrected chi connectivity index (χ1v) is 23.2. The van der Waals surface area contributed by atoms with Crippen molar-refractivity contribution >= 4 is 50.6 Å². The molecule has 0 spiro atoms. The summed E-state index contributed by atoms with van der Waals surface area (Å²) in [4.78, 5) is 5.23. The molecule has 306 valence electrons. The summed E-state index contributed by atoms with van der Waals surface area (Å²) >= 11 is 1.96. The van der Waals surface area contributed by atoms with Crippen LogP contribution >= 0.6 is 11.8 Å². The van der Waals surface area contributed by atoms with E-state index in [4.69, 9.17) is 0 Å². The van der Waals surface area contributed by atoms with Crippen molar-refractivity contribution in [2.24, 2.45) is 5.92 Å². The zero-order valence-corrected chi connectivity index (χ0v) is 37.2. The van der Waals surface area contributed by atoms with E-state index < -0.39 is 0 Å². The molecule has 1 fully saturated rings. The predicted molar refractivity (Wildman–Crippen MR) is 268 cm³/mol. The molecule has 6 aromatic rings. The molecule has 0 bridgehead atoms. The summed E-state index contributed by atoms with van der Waals surface area (Å²) in [6.07, 6.45) is 20.1. The second-order valence-electron chi connectivity index (χ2n) is 17.3. The van der Waals surface area contributed by atoms with Crippen LogP contribution in [-0.4, -0.2) is 0 Å². The third-order valence-corrected chi connectivity index (χ3v) is 14.3. The Balaban J connectivity index is 1.29. The molecule has 1 N–H and O–H groups in total. The molecule has 0 amide bonds. The lowest BCUT2D eigenvalue weighted by molar-refractivity contribution is 0.855. The Morgan fingerprint density at radius 3 is 2.29 bits per heavy atom. The summed E-state index contributed by atoms with van der Waals surface area (Å²) in [6, 6.07) is 45.6. The molecule has 62 heavy (non-hydrogen) atoms. The minimum atomic E-state index is 0.721. The molecule has 1 aliphatic heterocycles. The van der Waals surface area contributed by atoms with E-state index in [1.807, 2.05) is 17.8 Å². The van der Waals surface area contributed by atoms with Crippen LogP contribution in [0.5, 0.6) is 0 Å². The number of thioether (sulfide) groups is 1. The standard InChI is InChI=1S/C59H54N2S/c1-6-15-41(16-7-2)45-36-53(51-32-31-47(50-22-14-13-20-48(50)44-26-27-44)40(5)57(51)60-46-29-23-38(3)24-30-46)59-56(37-45)61(55-34-28-43-19-11-12-21-49(43)58(55)62-59)54-33-25-39(4)35-52(54)42-17-9-8-10-18-42/h6-12,14-19,21-25,29-33,35-37,44,60H,1,13,20,26-28,34H2,2-5H3/b16-7-,41-15+. The van der Waals surface area contributed by atoms with E-state index in [-0.39, 0.29) is 0 Å². The number of aryl methyl sites for hydroxylation is 3. The molecule has 0 aromatic heterocycles. The van der Waals surface area contributed by atoms with E-state index in [0.29, 0.717) is 0 Å². The second kappa shape index (κ2) is 16.9. The smallest absolute Gasteiger partial charge is 0.0611 e. The summed E-state index contributed by atoms with van der Waals surface area (Å²) in [5, 5.41) is 4.04. The highest BCUT2D eigenvalue weighted by Crippen LogP contribution is 2.59.